The number of hydrogen-bond acceptors (Lipinski definition) is 6. The van der Waals surface area contributed by atoms with Crippen LogP contribution in [0.1, 0.15) is 49.7 Å². The number of dihydropyridines is 1. The second-order valence-electron chi connectivity index (χ2n) is 10.4. The molecule has 0 bridgehead atoms. The van der Waals surface area contributed by atoms with Gasteiger partial charge in [-0.1, -0.05) is 23.8 Å². The zero-order chi connectivity index (χ0) is 27.4. The number of carbonyl (C=O) groups is 2. The molecule has 0 aliphatic carbocycles. The Morgan fingerprint density at radius 3 is 2.68 bits per heavy atom. The molecule has 0 saturated heterocycles. The highest BCUT2D eigenvalue weighted by molar-refractivity contribution is 6.08. The number of aromatic nitrogens is 3. The third-order valence-electron chi connectivity index (χ3n) is 6.63. The summed E-state index contributed by atoms with van der Waals surface area (Å²) in [5.74, 6) is -0.961. The van der Waals surface area contributed by atoms with E-state index < -0.39 is 5.92 Å². The van der Waals surface area contributed by atoms with Gasteiger partial charge in [0.1, 0.15) is 0 Å². The average Bonchev–Trinajstić information content (AvgIpc) is 3.30. The Labute approximate surface area is 224 Å². The predicted octanol–water partition coefficient (Wildman–Crippen LogP) is 3.62. The lowest BCUT2D eigenvalue weighted by Gasteiger charge is -2.19. The second-order valence-corrected chi connectivity index (χ2v) is 10.4. The molecule has 0 spiro atoms. The third kappa shape index (κ3) is 6.23. The van der Waals surface area contributed by atoms with E-state index in [1.54, 1.807) is 13.1 Å². The standard InChI is InChI=1S/C29H37N7O2/c1-18(2)36-27-25(17-32-36)23(28(37)31-16-24-19(3)12-20(4)33-29(24)38)14-26(34-27)22-9-7-8-21(13-22)15-30-10-11-35(5)6/h7-9,12-14,17-18,24,30H,10-11,15-16H2,1-6H3,(H,31,37). The van der Waals surface area contributed by atoms with E-state index in [0.29, 0.717) is 28.0 Å². The van der Waals surface area contributed by atoms with Crippen molar-refractivity contribution in [3.8, 4) is 11.3 Å². The highest BCUT2D eigenvalue weighted by atomic mass is 16.2. The van der Waals surface area contributed by atoms with E-state index in [9.17, 15) is 9.59 Å². The number of nitrogens with one attached hydrogen (secondary N) is 2. The maximum atomic E-state index is 13.5. The number of pyridine rings is 1. The molecule has 0 saturated carbocycles. The van der Waals surface area contributed by atoms with Gasteiger partial charge in [-0.2, -0.15) is 5.10 Å². The highest BCUT2D eigenvalue weighted by Crippen LogP contribution is 2.27. The SMILES string of the molecule is CC1=CC(C)=NC(=O)C1CNC(=O)c1cc(-c2cccc(CNCCN(C)C)c2)nc2c1cnn2C(C)C. The first-order valence-corrected chi connectivity index (χ1v) is 13.0. The first-order valence-electron chi connectivity index (χ1n) is 13.0. The molecule has 1 unspecified atom stereocenters. The number of rotatable bonds is 10. The van der Waals surface area contributed by atoms with E-state index in [1.807, 2.05) is 49.7 Å². The van der Waals surface area contributed by atoms with Gasteiger partial charge in [-0.3, -0.25) is 9.59 Å². The van der Waals surface area contributed by atoms with Gasteiger partial charge in [0.15, 0.2) is 5.65 Å². The Balaban J connectivity index is 1.63. The molecule has 1 aliphatic heterocycles. The highest BCUT2D eigenvalue weighted by Gasteiger charge is 2.25. The van der Waals surface area contributed by atoms with Crippen LogP contribution in [-0.2, 0) is 11.3 Å². The molecule has 2 amide bonds. The number of hydrogen-bond donors (Lipinski definition) is 2. The van der Waals surface area contributed by atoms with E-state index in [4.69, 9.17) is 4.98 Å². The quantitative estimate of drug-likeness (QED) is 0.400. The van der Waals surface area contributed by atoms with Gasteiger partial charge in [-0.05, 0) is 65.6 Å². The van der Waals surface area contributed by atoms with E-state index in [1.165, 1.54) is 0 Å². The van der Waals surface area contributed by atoms with Crippen molar-refractivity contribution in [2.24, 2.45) is 10.9 Å². The average molecular weight is 516 g/mol. The normalized spacial score (nSPS) is 15.8. The molecular formula is C29H37N7O2. The lowest BCUT2D eigenvalue weighted by molar-refractivity contribution is -0.120. The lowest BCUT2D eigenvalue weighted by Crippen LogP contribution is -2.34. The van der Waals surface area contributed by atoms with Crippen LogP contribution in [-0.4, -0.2) is 70.9 Å². The number of nitrogens with zero attached hydrogens (tertiary/aromatic N) is 5. The molecule has 1 aliphatic rings. The van der Waals surface area contributed by atoms with Crippen LogP contribution in [0.15, 0.2) is 53.2 Å². The van der Waals surface area contributed by atoms with E-state index in [-0.39, 0.29) is 24.4 Å². The summed E-state index contributed by atoms with van der Waals surface area (Å²) in [6.45, 7) is 10.5. The van der Waals surface area contributed by atoms with Crippen LogP contribution in [0, 0.1) is 5.92 Å². The number of allylic oxidation sites excluding steroid dienone is 1. The van der Waals surface area contributed by atoms with Crippen molar-refractivity contribution in [1.82, 2.24) is 30.3 Å². The summed E-state index contributed by atoms with van der Waals surface area (Å²) < 4.78 is 1.83. The monoisotopic (exact) mass is 515 g/mol. The van der Waals surface area contributed by atoms with Crippen LogP contribution < -0.4 is 10.6 Å². The zero-order valence-electron chi connectivity index (χ0n) is 23.1. The first kappa shape index (κ1) is 27.3. The first-order chi connectivity index (χ1) is 18.1. The minimum absolute atomic E-state index is 0.0761. The Morgan fingerprint density at radius 2 is 1.97 bits per heavy atom. The summed E-state index contributed by atoms with van der Waals surface area (Å²) >= 11 is 0. The van der Waals surface area contributed by atoms with Crippen molar-refractivity contribution < 1.29 is 9.59 Å². The molecular weight excluding hydrogens is 478 g/mol. The summed E-state index contributed by atoms with van der Waals surface area (Å²) in [7, 11) is 4.11. The number of aliphatic imine (C=N–C) groups is 1. The van der Waals surface area contributed by atoms with Gasteiger partial charge in [0.05, 0.1) is 28.8 Å². The van der Waals surface area contributed by atoms with Crippen LogP contribution in [0.5, 0.6) is 0 Å². The van der Waals surface area contributed by atoms with Crippen molar-refractivity contribution in [2.45, 2.75) is 40.3 Å². The largest absolute Gasteiger partial charge is 0.351 e. The number of amides is 2. The molecule has 0 radical (unpaired) electrons. The molecule has 9 nitrogen and oxygen atoms in total. The smallest absolute Gasteiger partial charge is 0.254 e. The number of fused-ring (bicyclic) bond motifs is 1. The van der Waals surface area contributed by atoms with Crippen LogP contribution in [0.25, 0.3) is 22.3 Å². The molecule has 2 aromatic heterocycles. The third-order valence-corrected chi connectivity index (χ3v) is 6.63. The Hall–Kier alpha value is -3.69. The summed E-state index contributed by atoms with van der Waals surface area (Å²) in [5.41, 5.74) is 5.48. The molecule has 3 heterocycles. The van der Waals surface area contributed by atoms with Crippen molar-refractivity contribution in [2.75, 3.05) is 33.7 Å². The van der Waals surface area contributed by atoms with Gasteiger partial charge < -0.3 is 15.5 Å². The van der Waals surface area contributed by atoms with Crippen molar-refractivity contribution in [3.63, 3.8) is 0 Å². The molecule has 0 fully saturated rings. The van der Waals surface area contributed by atoms with Gasteiger partial charge in [-0.15, -0.1) is 0 Å². The van der Waals surface area contributed by atoms with Crippen LogP contribution >= 0.6 is 0 Å². The number of likely N-dealkylation sites (N-methyl/N-ethyl adjacent to an activating group) is 1. The van der Waals surface area contributed by atoms with Crippen LogP contribution in [0.4, 0.5) is 0 Å². The summed E-state index contributed by atoms with van der Waals surface area (Å²) in [6.07, 6.45) is 3.58. The molecule has 2 N–H and O–H groups in total. The summed E-state index contributed by atoms with van der Waals surface area (Å²) in [5, 5.41) is 11.6. The minimum Gasteiger partial charge on any atom is -0.351 e. The van der Waals surface area contributed by atoms with Crippen molar-refractivity contribution in [3.05, 3.63) is 59.3 Å². The van der Waals surface area contributed by atoms with E-state index in [0.717, 1.165) is 36.3 Å². The summed E-state index contributed by atoms with van der Waals surface area (Å²) in [6, 6.07) is 10.1. The van der Waals surface area contributed by atoms with E-state index in [2.05, 4.69) is 51.9 Å². The van der Waals surface area contributed by atoms with Gasteiger partial charge in [0.2, 0.25) is 0 Å². The van der Waals surface area contributed by atoms with Crippen LogP contribution in [0.3, 0.4) is 0 Å². The maximum Gasteiger partial charge on any atom is 0.254 e. The Bertz CT molecular complexity index is 1400. The summed E-state index contributed by atoms with van der Waals surface area (Å²) in [4.78, 5) is 37.0. The molecule has 200 valence electrons. The predicted molar refractivity (Wildman–Crippen MR) is 151 cm³/mol. The molecule has 9 heteroatoms. The molecule has 1 atom stereocenters. The Morgan fingerprint density at radius 1 is 1.18 bits per heavy atom. The van der Waals surface area contributed by atoms with Crippen molar-refractivity contribution >= 4 is 28.6 Å². The number of carbonyl (C=O) groups excluding carboxylic acids is 2. The lowest BCUT2D eigenvalue weighted by atomic mass is 9.95. The van der Waals surface area contributed by atoms with Gasteiger partial charge in [0, 0.05) is 43.5 Å². The molecule has 4 rings (SSSR count). The van der Waals surface area contributed by atoms with Gasteiger partial charge in [0.25, 0.3) is 11.8 Å². The van der Waals surface area contributed by atoms with E-state index >= 15 is 0 Å². The van der Waals surface area contributed by atoms with Crippen LogP contribution in [0.2, 0.25) is 0 Å². The fraction of sp³-hybridized carbons (Fsp3) is 0.414. The Kier molecular flexibility index (Phi) is 8.48. The molecule has 1 aromatic carbocycles. The molecule has 38 heavy (non-hydrogen) atoms. The minimum atomic E-state index is -0.463. The number of benzene rings is 1. The second kappa shape index (κ2) is 11.8. The van der Waals surface area contributed by atoms with Gasteiger partial charge >= 0.3 is 0 Å². The maximum absolute atomic E-state index is 13.5. The fourth-order valence-corrected chi connectivity index (χ4v) is 4.55. The molecule has 3 aromatic rings. The topological polar surface area (TPSA) is 105 Å². The zero-order valence-corrected chi connectivity index (χ0v) is 23.1. The van der Waals surface area contributed by atoms with Crippen molar-refractivity contribution in [1.29, 1.82) is 0 Å². The van der Waals surface area contributed by atoms with Gasteiger partial charge in [-0.25, -0.2) is 14.7 Å². The fourth-order valence-electron chi connectivity index (χ4n) is 4.55.